The Kier molecular flexibility index (Phi) is 6.29. The van der Waals surface area contributed by atoms with E-state index in [1.54, 1.807) is 15.5 Å². The van der Waals surface area contributed by atoms with Gasteiger partial charge in [0.1, 0.15) is 11.9 Å². The van der Waals surface area contributed by atoms with Gasteiger partial charge in [0.15, 0.2) is 5.65 Å². The predicted octanol–water partition coefficient (Wildman–Crippen LogP) is 5.11. The smallest absolute Gasteiger partial charge is 0.410 e. The number of fused-ring (bicyclic) bond motifs is 1. The Balaban J connectivity index is 1.54. The maximum Gasteiger partial charge on any atom is 0.410 e. The van der Waals surface area contributed by atoms with Crippen LogP contribution in [0.4, 0.5) is 10.5 Å². The molecule has 0 unspecified atom stereocenters. The van der Waals surface area contributed by atoms with Gasteiger partial charge in [0.25, 0.3) is 5.69 Å². The maximum absolute atomic E-state index is 12.3. The highest BCUT2D eigenvalue weighted by molar-refractivity contribution is 5.71. The standard InChI is InChI=1S/C25H31N5O4/c1-16-10-19(20-11-17(2)23-26-15-27-29(23)14-20)13-22(30(32)33)21(16)12-18-6-8-28(9-7-18)24(31)34-25(3,4)5/h10-11,13-15,18H,6-9,12H2,1-5H3. The number of aryl methyl sites for hydroxylation is 2. The Morgan fingerprint density at radius 2 is 1.82 bits per heavy atom. The van der Waals surface area contributed by atoms with Crippen LogP contribution in [0.3, 0.4) is 0 Å². The zero-order chi connectivity index (χ0) is 24.6. The molecule has 1 saturated heterocycles. The summed E-state index contributed by atoms with van der Waals surface area (Å²) < 4.78 is 7.17. The minimum Gasteiger partial charge on any atom is -0.444 e. The molecule has 1 amide bonds. The third kappa shape index (κ3) is 5.03. The molecule has 0 bridgehead atoms. The Morgan fingerprint density at radius 3 is 2.47 bits per heavy atom. The third-order valence-electron chi connectivity index (χ3n) is 6.30. The summed E-state index contributed by atoms with van der Waals surface area (Å²) in [6, 6.07) is 5.65. The Hall–Kier alpha value is -3.49. The summed E-state index contributed by atoms with van der Waals surface area (Å²) in [4.78, 5) is 30.0. The summed E-state index contributed by atoms with van der Waals surface area (Å²) in [5, 5.41) is 16.2. The van der Waals surface area contributed by atoms with E-state index in [0.29, 0.717) is 19.5 Å². The lowest BCUT2D eigenvalue weighted by Crippen LogP contribution is -2.42. The first kappa shape index (κ1) is 23.7. The van der Waals surface area contributed by atoms with E-state index < -0.39 is 5.60 Å². The van der Waals surface area contributed by atoms with Gasteiger partial charge in [-0.05, 0) is 82.6 Å². The molecule has 180 valence electrons. The van der Waals surface area contributed by atoms with Crippen molar-refractivity contribution in [1.82, 2.24) is 19.5 Å². The van der Waals surface area contributed by atoms with Crippen LogP contribution in [0, 0.1) is 29.9 Å². The summed E-state index contributed by atoms with van der Waals surface area (Å²) >= 11 is 0. The van der Waals surface area contributed by atoms with Crippen molar-refractivity contribution in [3.05, 3.63) is 57.5 Å². The molecule has 9 nitrogen and oxygen atoms in total. The number of hydrogen-bond donors (Lipinski definition) is 0. The van der Waals surface area contributed by atoms with Crippen LogP contribution in [0.5, 0.6) is 0 Å². The number of amides is 1. The van der Waals surface area contributed by atoms with Crippen LogP contribution >= 0.6 is 0 Å². The van der Waals surface area contributed by atoms with Crippen molar-refractivity contribution in [2.24, 2.45) is 5.92 Å². The molecular formula is C25H31N5O4. The van der Waals surface area contributed by atoms with Crippen molar-refractivity contribution in [3.8, 4) is 11.1 Å². The SMILES string of the molecule is Cc1cc(-c2cc(C)c3ncnn3c2)cc([N+](=O)[O-])c1CC1CCN(C(=O)OC(C)(C)C)CC1. The first-order valence-electron chi connectivity index (χ1n) is 11.6. The van der Waals surface area contributed by atoms with E-state index in [2.05, 4.69) is 10.1 Å². The molecule has 1 aliphatic heterocycles. The van der Waals surface area contributed by atoms with E-state index in [0.717, 1.165) is 46.3 Å². The van der Waals surface area contributed by atoms with Crippen LogP contribution in [-0.4, -0.2) is 49.2 Å². The maximum atomic E-state index is 12.3. The second kappa shape index (κ2) is 9.04. The molecule has 0 spiro atoms. The van der Waals surface area contributed by atoms with Gasteiger partial charge in [-0.3, -0.25) is 10.1 Å². The minimum atomic E-state index is -0.523. The largest absolute Gasteiger partial charge is 0.444 e. The van der Waals surface area contributed by atoms with Gasteiger partial charge in [0.05, 0.1) is 4.92 Å². The lowest BCUT2D eigenvalue weighted by Gasteiger charge is -2.33. The fourth-order valence-electron chi connectivity index (χ4n) is 4.58. The molecule has 9 heteroatoms. The summed E-state index contributed by atoms with van der Waals surface area (Å²) in [7, 11) is 0. The lowest BCUT2D eigenvalue weighted by molar-refractivity contribution is -0.385. The molecule has 2 aromatic heterocycles. The van der Waals surface area contributed by atoms with Crippen LogP contribution < -0.4 is 0 Å². The lowest BCUT2D eigenvalue weighted by atomic mass is 9.87. The highest BCUT2D eigenvalue weighted by Gasteiger charge is 2.29. The van der Waals surface area contributed by atoms with Gasteiger partial charge in [-0.1, -0.05) is 6.07 Å². The summed E-state index contributed by atoms with van der Waals surface area (Å²) in [6.07, 6.45) is 5.25. The molecule has 0 radical (unpaired) electrons. The van der Waals surface area contributed by atoms with Crippen molar-refractivity contribution in [2.45, 2.75) is 59.5 Å². The number of pyridine rings is 1. The number of likely N-dealkylation sites (tertiary alicyclic amines) is 1. The zero-order valence-corrected chi connectivity index (χ0v) is 20.4. The van der Waals surface area contributed by atoms with E-state index in [1.165, 1.54) is 6.33 Å². The fraction of sp³-hybridized carbons (Fsp3) is 0.480. The van der Waals surface area contributed by atoms with Gasteiger partial charge in [-0.25, -0.2) is 14.3 Å². The molecule has 3 aromatic rings. The first-order valence-corrected chi connectivity index (χ1v) is 11.6. The van der Waals surface area contributed by atoms with Crippen LogP contribution in [0.2, 0.25) is 0 Å². The molecule has 4 rings (SSSR count). The fourth-order valence-corrected chi connectivity index (χ4v) is 4.58. The van der Waals surface area contributed by atoms with Crippen LogP contribution in [-0.2, 0) is 11.2 Å². The number of nitro groups is 1. The number of nitro benzene ring substituents is 1. The summed E-state index contributed by atoms with van der Waals surface area (Å²) in [5.74, 6) is 0.274. The molecule has 34 heavy (non-hydrogen) atoms. The topological polar surface area (TPSA) is 103 Å². The van der Waals surface area contributed by atoms with Gasteiger partial charge in [0.2, 0.25) is 0 Å². The monoisotopic (exact) mass is 465 g/mol. The first-order chi connectivity index (χ1) is 16.0. The summed E-state index contributed by atoms with van der Waals surface area (Å²) in [6.45, 7) is 10.6. The second-order valence-corrected chi connectivity index (χ2v) is 10.1. The Morgan fingerprint density at radius 1 is 1.15 bits per heavy atom. The molecule has 0 atom stereocenters. The number of rotatable bonds is 4. The van der Waals surface area contributed by atoms with Crippen molar-refractivity contribution in [1.29, 1.82) is 0 Å². The Bertz CT molecular complexity index is 1240. The highest BCUT2D eigenvalue weighted by Crippen LogP contribution is 2.34. The molecular weight excluding hydrogens is 434 g/mol. The van der Waals surface area contributed by atoms with Gasteiger partial charge < -0.3 is 9.64 Å². The van der Waals surface area contributed by atoms with Gasteiger partial charge in [-0.2, -0.15) is 5.10 Å². The number of aromatic nitrogens is 3. The minimum absolute atomic E-state index is 0.140. The molecule has 3 heterocycles. The third-order valence-corrected chi connectivity index (χ3v) is 6.30. The average Bonchev–Trinajstić information content (AvgIpc) is 3.23. The van der Waals surface area contributed by atoms with Crippen molar-refractivity contribution >= 4 is 17.4 Å². The normalized spacial score (nSPS) is 15.0. The molecule has 1 fully saturated rings. The predicted molar refractivity (Wildman–Crippen MR) is 129 cm³/mol. The zero-order valence-electron chi connectivity index (χ0n) is 20.4. The van der Waals surface area contributed by atoms with Crippen LogP contribution in [0.25, 0.3) is 16.8 Å². The average molecular weight is 466 g/mol. The van der Waals surface area contributed by atoms with Gasteiger partial charge >= 0.3 is 6.09 Å². The van der Waals surface area contributed by atoms with Crippen molar-refractivity contribution < 1.29 is 14.5 Å². The number of nitrogens with zero attached hydrogens (tertiary/aromatic N) is 5. The van der Waals surface area contributed by atoms with Crippen LogP contribution in [0.15, 0.2) is 30.7 Å². The van der Waals surface area contributed by atoms with E-state index >= 15 is 0 Å². The Labute approximate surface area is 198 Å². The van der Waals surface area contributed by atoms with E-state index in [9.17, 15) is 14.9 Å². The van der Waals surface area contributed by atoms with Crippen molar-refractivity contribution in [2.75, 3.05) is 13.1 Å². The quantitative estimate of drug-likeness (QED) is 0.392. The molecule has 0 N–H and O–H groups in total. The summed E-state index contributed by atoms with van der Waals surface area (Å²) in [5.41, 5.74) is 4.65. The van der Waals surface area contributed by atoms with Gasteiger partial charge in [-0.15, -0.1) is 0 Å². The van der Waals surface area contributed by atoms with Crippen LogP contribution in [0.1, 0.15) is 50.3 Å². The highest BCUT2D eigenvalue weighted by atomic mass is 16.6. The molecule has 0 aliphatic carbocycles. The molecule has 1 aromatic carbocycles. The second-order valence-electron chi connectivity index (χ2n) is 10.1. The number of benzene rings is 1. The van der Waals surface area contributed by atoms with Gasteiger partial charge in [0, 0.05) is 36.5 Å². The van der Waals surface area contributed by atoms with Crippen molar-refractivity contribution in [3.63, 3.8) is 0 Å². The van der Waals surface area contributed by atoms with E-state index in [-0.39, 0.29) is 22.6 Å². The number of piperidine rings is 1. The molecule has 1 aliphatic rings. The number of ether oxygens (including phenoxy) is 1. The number of carbonyl (C=O) groups excluding carboxylic acids is 1. The van der Waals surface area contributed by atoms with E-state index in [1.807, 2.05) is 52.9 Å². The van der Waals surface area contributed by atoms with E-state index in [4.69, 9.17) is 4.74 Å². The number of hydrogen-bond acceptors (Lipinski definition) is 6. The molecule has 0 saturated carbocycles. The number of carbonyl (C=O) groups is 1.